The molecule has 88 valence electrons. The summed E-state index contributed by atoms with van der Waals surface area (Å²) in [7, 11) is 0. The van der Waals surface area contributed by atoms with Crippen LogP contribution in [0.15, 0.2) is 0 Å². The van der Waals surface area contributed by atoms with Gasteiger partial charge in [0, 0.05) is 0 Å². The zero-order valence-electron chi connectivity index (χ0n) is 9.83. The normalized spacial score (nSPS) is 23.7. The minimum absolute atomic E-state index is 0.416. The van der Waals surface area contributed by atoms with E-state index in [1.807, 2.05) is 0 Å². The maximum Gasteiger partial charge on any atom is 0.323 e. The van der Waals surface area contributed by atoms with Gasteiger partial charge in [-0.3, -0.25) is 4.79 Å². The Morgan fingerprint density at radius 2 is 2.07 bits per heavy atom. The molecule has 0 aromatic rings. The van der Waals surface area contributed by atoms with Gasteiger partial charge in [0.25, 0.3) is 0 Å². The number of nitrogens with two attached hydrogens (primary N) is 1. The second-order valence-electron chi connectivity index (χ2n) is 5.42. The van der Waals surface area contributed by atoms with Crippen LogP contribution in [0, 0.1) is 11.8 Å². The Morgan fingerprint density at radius 3 is 2.53 bits per heavy atom. The van der Waals surface area contributed by atoms with Gasteiger partial charge in [0.15, 0.2) is 0 Å². The molecule has 0 spiro atoms. The van der Waals surface area contributed by atoms with Gasteiger partial charge < -0.3 is 10.8 Å². The third kappa shape index (κ3) is 3.82. The third-order valence-corrected chi connectivity index (χ3v) is 3.47. The van der Waals surface area contributed by atoms with Gasteiger partial charge in [-0.05, 0) is 31.6 Å². The topological polar surface area (TPSA) is 63.3 Å². The van der Waals surface area contributed by atoms with Crippen molar-refractivity contribution in [2.75, 3.05) is 0 Å². The van der Waals surface area contributed by atoms with Crippen molar-refractivity contribution in [1.82, 2.24) is 0 Å². The monoisotopic (exact) mass is 213 g/mol. The highest BCUT2D eigenvalue weighted by atomic mass is 16.4. The molecule has 0 aromatic heterocycles. The van der Waals surface area contributed by atoms with E-state index >= 15 is 0 Å². The maximum atomic E-state index is 10.9. The molecule has 2 atom stereocenters. The molecule has 15 heavy (non-hydrogen) atoms. The minimum Gasteiger partial charge on any atom is -0.480 e. The SMILES string of the molecule is C[C@H](CC1CCCC1)C[C@@](C)(N)C(=O)O. The van der Waals surface area contributed by atoms with Crippen LogP contribution in [0.2, 0.25) is 0 Å². The quantitative estimate of drug-likeness (QED) is 0.737. The lowest BCUT2D eigenvalue weighted by molar-refractivity contribution is -0.143. The van der Waals surface area contributed by atoms with E-state index in [1.165, 1.54) is 25.7 Å². The zero-order valence-corrected chi connectivity index (χ0v) is 9.83. The molecule has 1 aliphatic rings. The van der Waals surface area contributed by atoms with Crippen LogP contribution in [-0.4, -0.2) is 16.6 Å². The first-order valence-corrected chi connectivity index (χ1v) is 5.94. The van der Waals surface area contributed by atoms with Gasteiger partial charge >= 0.3 is 5.97 Å². The molecule has 1 saturated carbocycles. The van der Waals surface area contributed by atoms with E-state index in [0.29, 0.717) is 12.3 Å². The first kappa shape index (κ1) is 12.5. The molecule has 0 radical (unpaired) electrons. The Kier molecular flexibility index (Phi) is 4.14. The van der Waals surface area contributed by atoms with E-state index in [1.54, 1.807) is 6.92 Å². The highest BCUT2D eigenvalue weighted by molar-refractivity contribution is 5.77. The fraction of sp³-hybridized carbons (Fsp3) is 0.917. The van der Waals surface area contributed by atoms with E-state index in [0.717, 1.165) is 12.3 Å². The molecule has 3 nitrogen and oxygen atoms in total. The molecule has 1 aliphatic carbocycles. The smallest absolute Gasteiger partial charge is 0.323 e. The van der Waals surface area contributed by atoms with Gasteiger partial charge in [0.2, 0.25) is 0 Å². The average Bonchev–Trinajstić information content (AvgIpc) is 2.54. The summed E-state index contributed by atoms with van der Waals surface area (Å²) in [5.41, 5.74) is 4.68. The Bertz CT molecular complexity index is 220. The summed E-state index contributed by atoms with van der Waals surface area (Å²) in [5.74, 6) is 0.338. The van der Waals surface area contributed by atoms with E-state index in [-0.39, 0.29) is 0 Å². The lowest BCUT2D eigenvalue weighted by atomic mass is 9.85. The van der Waals surface area contributed by atoms with Gasteiger partial charge in [-0.1, -0.05) is 32.6 Å². The highest BCUT2D eigenvalue weighted by Gasteiger charge is 2.30. The summed E-state index contributed by atoms with van der Waals surface area (Å²) in [6.45, 7) is 3.73. The van der Waals surface area contributed by atoms with Gasteiger partial charge in [-0.25, -0.2) is 0 Å². The second kappa shape index (κ2) is 4.97. The van der Waals surface area contributed by atoms with Gasteiger partial charge in [-0.15, -0.1) is 0 Å². The standard InChI is InChI=1S/C12H23NO2/c1-9(7-10-5-3-4-6-10)8-12(2,13)11(14)15/h9-10H,3-8,13H2,1-2H3,(H,14,15)/t9-,12-/m1/s1. The summed E-state index contributed by atoms with van der Waals surface area (Å²) in [4.78, 5) is 10.9. The van der Waals surface area contributed by atoms with Crippen LogP contribution in [0.5, 0.6) is 0 Å². The van der Waals surface area contributed by atoms with Crippen molar-refractivity contribution in [3.8, 4) is 0 Å². The predicted molar refractivity (Wildman–Crippen MR) is 60.6 cm³/mol. The fourth-order valence-electron chi connectivity index (χ4n) is 2.71. The van der Waals surface area contributed by atoms with E-state index < -0.39 is 11.5 Å². The van der Waals surface area contributed by atoms with Crippen LogP contribution in [0.4, 0.5) is 0 Å². The molecular weight excluding hydrogens is 190 g/mol. The van der Waals surface area contributed by atoms with Gasteiger partial charge in [0.05, 0.1) is 0 Å². The largest absolute Gasteiger partial charge is 0.480 e. The molecule has 1 fully saturated rings. The Morgan fingerprint density at radius 1 is 1.53 bits per heavy atom. The van der Waals surface area contributed by atoms with Crippen molar-refractivity contribution in [3.63, 3.8) is 0 Å². The number of hydrogen-bond donors (Lipinski definition) is 2. The van der Waals surface area contributed by atoms with Crippen molar-refractivity contribution in [1.29, 1.82) is 0 Å². The third-order valence-electron chi connectivity index (χ3n) is 3.47. The van der Waals surface area contributed by atoms with Gasteiger partial charge in [0.1, 0.15) is 5.54 Å². The highest BCUT2D eigenvalue weighted by Crippen LogP contribution is 2.32. The van der Waals surface area contributed by atoms with Gasteiger partial charge in [-0.2, -0.15) is 0 Å². The van der Waals surface area contributed by atoms with Crippen molar-refractivity contribution in [2.45, 2.75) is 57.9 Å². The Labute approximate surface area is 92.0 Å². The molecule has 0 aromatic carbocycles. The van der Waals surface area contributed by atoms with Crippen LogP contribution in [-0.2, 0) is 4.79 Å². The number of carboxylic acids is 1. The first-order valence-electron chi connectivity index (χ1n) is 5.94. The Hall–Kier alpha value is -0.570. The molecule has 3 heteroatoms. The summed E-state index contributed by atoms with van der Waals surface area (Å²) in [5, 5.41) is 8.93. The molecule has 3 N–H and O–H groups in total. The summed E-state index contributed by atoms with van der Waals surface area (Å²) in [6, 6.07) is 0. The number of carboxylic acid groups (broad SMARTS) is 1. The minimum atomic E-state index is -1.06. The molecule has 0 heterocycles. The zero-order chi connectivity index (χ0) is 11.5. The van der Waals surface area contributed by atoms with Crippen molar-refractivity contribution in [2.24, 2.45) is 17.6 Å². The van der Waals surface area contributed by atoms with Crippen LogP contribution in [0.1, 0.15) is 52.4 Å². The molecular formula is C12H23NO2. The van der Waals surface area contributed by atoms with Crippen LogP contribution >= 0.6 is 0 Å². The fourth-order valence-corrected chi connectivity index (χ4v) is 2.71. The molecule has 0 amide bonds. The van der Waals surface area contributed by atoms with E-state index in [2.05, 4.69) is 6.92 Å². The summed E-state index contributed by atoms with van der Waals surface area (Å²) < 4.78 is 0. The maximum absolute atomic E-state index is 10.9. The predicted octanol–water partition coefficient (Wildman–Crippen LogP) is 2.39. The number of aliphatic carboxylic acids is 1. The number of rotatable bonds is 5. The van der Waals surface area contributed by atoms with Crippen molar-refractivity contribution in [3.05, 3.63) is 0 Å². The van der Waals surface area contributed by atoms with Crippen LogP contribution < -0.4 is 5.73 Å². The molecule has 0 bridgehead atoms. The lowest BCUT2D eigenvalue weighted by Gasteiger charge is -2.25. The van der Waals surface area contributed by atoms with E-state index in [4.69, 9.17) is 10.8 Å². The summed E-state index contributed by atoms with van der Waals surface area (Å²) in [6.07, 6.45) is 7.04. The van der Waals surface area contributed by atoms with E-state index in [9.17, 15) is 4.79 Å². The summed E-state index contributed by atoms with van der Waals surface area (Å²) >= 11 is 0. The van der Waals surface area contributed by atoms with Crippen LogP contribution in [0.25, 0.3) is 0 Å². The number of carbonyl (C=O) groups is 1. The molecule has 0 unspecified atom stereocenters. The molecule has 0 aliphatic heterocycles. The Balaban J connectivity index is 2.34. The lowest BCUT2D eigenvalue weighted by Crippen LogP contribution is -2.46. The van der Waals surface area contributed by atoms with Crippen molar-refractivity contribution < 1.29 is 9.90 Å². The second-order valence-corrected chi connectivity index (χ2v) is 5.42. The molecule has 1 rings (SSSR count). The number of hydrogen-bond acceptors (Lipinski definition) is 2. The average molecular weight is 213 g/mol. The van der Waals surface area contributed by atoms with Crippen LogP contribution in [0.3, 0.4) is 0 Å². The first-order chi connectivity index (χ1) is 6.92. The van der Waals surface area contributed by atoms with Crippen molar-refractivity contribution >= 4 is 5.97 Å². The molecule has 0 saturated heterocycles.